The SMILES string of the molecule is CCC(C)C(C)NCc1cc(OC)c(OC)c(OC)c1. The molecule has 2 unspecified atom stereocenters. The van der Waals surface area contributed by atoms with Gasteiger partial charge in [0.05, 0.1) is 21.3 Å². The second-order valence-corrected chi connectivity index (χ2v) is 5.09. The highest BCUT2D eigenvalue weighted by Gasteiger charge is 2.14. The van der Waals surface area contributed by atoms with Gasteiger partial charge in [0.1, 0.15) is 0 Å². The minimum Gasteiger partial charge on any atom is -0.493 e. The third-order valence-electron chi connectivity index (χ3n) is 3.85. The van der Waals surface area contributed by atoms with E-state index in [1.165, 1.54) is 6.42 Å². The average Bonchev–Trinajstić information content (AvgIpc) is 2.50. The molecule has 1 aromatic rings. The summed E-state index contributed by atoms with van der Waals surface area (Å²) in [5.74, 6) is 2.67. The molecule has 0 amide bonds. The van der Waals surface area contributed by atoms with E-state index in [1.807, 2.05) is 12.1 Å². The molecule has 0 heterocycles. The van der Waals surface area contributed by atoms with E-state index in [-0.39, 0.29) is 0 Å². The van der Waals surface area contributed by atoms with Crippen LogP contribution in [0, 0.1) is 5.92 Å². The number of rotatable bonds is 8. The quantitative estimate of drug-likeness (QED) is 0.794. The van der Waals surface area contributed by atoms with Crippen LogP contribution in [0.25, 0.3) is 0 Å². The van der Waals surface area contributed by atoms with Gasteiger partial charge in [-0.15, -0.1) is 0 Å². The average molecular weight is 281 g/mol. The second-order valence-electron chi connectivity index (χ2n) is 5.09. The van der Waals surface area contributed by atoms with Gasteiger partial charge < -0.3 is 19.5 Å². The first kappa shape index (κ1) is 16.6. The smallest absolute Gasteiger partial charge is 0.203 e. The van der Waals surface area contributed by atoms with Crippen molar-refractivity contribution in [3.05, 3.63) is 17.7 Å². The van der Waals surface area contributed by atoms with Crippen molar-refractivity contribution in [2.75, 3.05) is 21.3 Å². The molecule has 2 atom stereocenters. The maximum atomic E-state index is 5.36. The first-order valence-electron chi connectivity index (χ1n) is 7.09. The highest BCUT2D eigenvalue weighted by Crippen LogP contribution is 2.38. The third kappa shape index (κ3) is 4.04. The maximum absolute atomic E-state index is 5.36. The van der Waals surface area contributed by atoms with Crippen LogP contribution in [-0.4, -0.2) is 27.4 Å². The molecule has 114 valence electrons. The molecule has 0 aromatic heterocycles. The molecule has 1 rings (SSSR count). The van der Waals surface area contributed by atoms with Crippen molar-refractivity contribution in [2.45, 2.75) is 39.8 Å². The Morgan fingerprint density at radius 1 is 1.00 bits per heavy atom. The first-order valence-corrected chi connectivity index (χ1v) is 7.09. The number of hydrogen-bond acceptors (Lipinski definition) is 4. The lowest BCUT2D eigenvalue weighted by atomic mass is 10.0. The van der Waals surface area contributed by atoms with Crippen molar-refractivity contribution >= 4 is 0 Å². The highest BCUT2D eigenvalue weighted by atomic mass is 16.5. The van der Waals surface area contributed by atoms with Crippen molar-refractivity contribution in [2.24, 2.45) is 5.92 Å². The Balaban J connectivity index is 2.86. The molecule has 0 aliphatic carbocycles. The molecule has 0 radical (unpaired) electrons. The van der Waals surface area contributed by atoms with Crippen molar-refractivity contribution in [3.63, 3.8) is 0 Å². The van der Waals surface area contributed by atoms with Gasteiger partial charge in [-0.2, -0.15) is 0 Å². The van der Waals surface area contributed by atoms with E-state index in [4.69, 9.17) is 14.2 Å². The fourth-order valence-corrected chi connectivity index (χ4v) is 2.07. The van der Waals surface area contributed by atoms with E-state index in [0.717, 1.165) is 12.1 Å². The summed E-state index contributed by atoms with van der Waals surface area (Å²) in [5, 5.41) is 3.54. The number of hydrogen-bond donors (Lipinski definition) is 1. The van der Waals surface area contributed by atoms with Gasteiger partial charge in [0.2, 0.25) is 5.75 Å². The predicted octanol–water partition coefficient (Wildman–Crippen LogP) is 3.24. The summed E-state index contributed by atoms with van der Waals surface area (Å²) in [5.41, 5.74) is 1.12. The lowest BCUT2D eigenvalue weighted by Gasteiger charge is -2.21. The Morgan fingerprint density at radius 3 is 1.95 bits per heavy atom. The molecule has 0 bridgehead atoms. The summed E-state index contributed by atoms with van der Waals surface area (Å²) >= 11 is 0. The zero-order chi connectivity index (χ0) is 15.1. The Labute approximate surface area is 122 Å². The van der Waals surface area contributed by atoms with Gasteiger partial charge in [-0.1, -0.05) is 20.3 Å². The lowest BCUT2D eigenvalue weighted by Crippen LogP contribution is -2.31. The van der Waals surface area contributed by atoms with E-state index in [9.17, 15) is 0 Å². The summed E-state index contributed by atoms with van der Waals surface area (Å²) < 4.78 is 16.0. The van der Waals surface area contributed by atoms with Crippen LogP contribution in [0.3, 0.4) is 0 Å². The van der Waals surface area contributed by atoms with Crippen LogP contribution < -0.4 is 19.5 Å². The fourth-order valence-electron chi connectivity index (χ4n) is 2.07. The monoisotopic (exact) mass is 281 g/mol. The van der Waals surface area contributed by atoms with Crippen LogP contribution in [0.2, 0.25) is 0 Å². The van der Waals surface area contributed by atoms with Crippen LogP contribution in [0.15, 0.2) is 12.1 Å². The van der Waals surface area contributed by atoms with Gasteiger partial charge in [0, 0.05) is 12.6 Å². The lowest BCUT2D eigenvalue weighted by molar-refractivity contribution is 0.323. The molecular weight excluding hydrogens is 254 g/mol. The summed E-state index contributed by atoms with van der Waals surface area (Å²) in [4.78, 5) is 0. The third-order valence-corrected chi connectivity index (χ3v) is 3.85. The number of benzene rings is 1. The van der Waals surface area contributed by atoms with E-state index in [2.05, 4.69) is 26.1 Å². The van der Waals surface area contributed by atoms with Gasteiger partial charge in [-0.3, -0.25) is 0 Å². The largest absolute Gasteiger partial charge is 0.493 e. The topological polar surface area (TPSA) is 39.7 Å². The number of ether oxygens (including phenoxy) is 3. The first-order chi connectivity index (χ1) is 9.57. The molecule has 4 heteroatoms. The molecular formula is C16H27NO3. The maximum Gasteiger partial charge on any atom is 0.203 e. The number of nitrogens with one attached hydrogen (secondary N) is 1. The molecule has 1 N–H and O–H groups in total. The Hall–Kier alpha value is -1.42. The molecule has 20 heavy (non-hydrogen) atoms. The Bertz CT molecular complexity index is 395. The van der Waals surface area contributed by atoms with Crippen LogP contribution in [0.5, 0.6) is 17.2 Å². The van der Waals surface area contributed by atoms with E-state index in [0.29, 0.717) is 29.2 Å². The van der Waals surface area contributed by atoms with Crippen LogP contribution >= 0.6 is 0 Å². The summed E-state index contributed by atoms with van der Waals surface area (Å²) in [6, 6.07) is 4.44. The summed E-state index contributed by atoms with van der Waals surface area (Å²) in [7, 11) is 4.88. The van der Waals surface area contributed by atoms with E-state index in [1.54, 1.807) is 21.3 Å². The fraction of sp³-hybridized carbons (Fsp3) is 0.625. The minimum absolute atomic E-state index is 0.471. The molecule has 0 aliphatic heterocycles. The summed E-state index contributed by atoms with van der Waals surface area (Å²) in [6.45, 7) is 7.46. The van der Waals surface area contributed by atoms with E-state index >= 15 is 0 Å². The highest BCUT2D eigenvalue weighted by molar-refractivity contribution is 5.53. The number of methoxy groups -OCH3 is 3. The molecule has 1 aromatic carbocycles. The molecule has 0 spiro atoms. The molecule has 0 aliphatic rings. The standard InChI is InChI=1S/C16H27NO3/c1-7-11(2)12(3)17-10-13-8-14(18-4)16(20-6)15(9-13)19-5/h8-9,11-12,17H,7,10H2,1-6H3. The second kappa shape index (κ2) is 8.00. The minimum atomic E-state index is 0.471. The van der Waals surface area contributed by atoms with Crippen LogP contribution in [-0.2, 0) is 6.54 Å². The molecule has 0 saturated carbocycles. The van der Waals surface area contributed by atoms with Gasteiger partial charge in [0.25, 0.3) is 0 Å². The van der Waals surface area contributed by atoms with Crippen LogP contribution in [0.1, 0.15) is 32.8 Å². The Kier molecular flexibility index (Phi) is 6.65. The molecule has 0 fully saturated rings. The molecule has 0 saturated heterocycles. The van der Waals surface area contributed by atoms with Crippen molar-refractivity contribution in [1.29, 1.82) is 0 Å². The Morgan fingerprint density at radius 2 is 1.55 bits per heavy atom. The van der Waals surface area contributed by atoms with Crippen molar-refractivity contribution < 1.29 is 14.2 Å². The van der Waals surface area contributed by atoms with Gasteiger partial charge >= 0.3 is 0 Å². The van der Waals surface area contributed by atoms with Crippen molar-refractivity contribution in [3.8, 4) is 17.2 Å². The van der Waals surface area contributed by atoms with Crippen molar-refractivity contribution in [1.82, 2.24) is 5.32 Å². The normalized spacial score (nSPS) is 13.7. The van der Waals surface area contributed by atoms with Gasteiger partial charge in [-0.05, 0) is 30.5 Å². The zero-order valence-electron chi connectivity index (χ0n) is 13.4. The van der Waals surface area contributed by atoms with Gasteiger partial charge in [-0.25, -0.2) is 0 Å². The van der Waals surface area contributed by atoms with Crippen LogP contribution in [0.4, 0.5) is 0 Å². The summed E-state index contributed by atoms with van der Waals surface area (Å²) in [6.07, 6.45) is 1.17. The van der Waals surface area contributed by atoms with Gasteiger partial charge in [0.15, 0.2) is 11.5 Å². The predicted molar refractivity (Wildman–Crippen MR) is 81.9 cm³/mol. The van der Waals surface area contributed by atoms with E-state index < -0.39 is 0 Å². The molecule has 4 nitrogen and oxygen atoms in total. The zero-order valence-corrected chi connectivity index (χ0v) is 13.4.